The molecule has 0 saturated heterocycles. The maximum Gasteiger partial charge on any atom is 0.148 e. The van der Waals surface area contributed by atoms with Crippen molar-refractivity contribution in [3.8, 4) is 0 Å². The molecule has 90 valence electrons. The van der Waals surface area contributed by atoms with E-state index in [2.05, 4.69) is 34.7 Å². The summed E-state index contributed by atoms with van der Waals surface area (Å²) in [5.41, 5.74) is 3.49. The van der Waals surface area contributed by atoms with Gasteiger partial charge in [0.1, 0.15) is 22.8 Å². The van der Waals surface area contributed by atoms with Crippen LogP contribution >= 0.6 is 11.5 Å². The third-order valence-electron chi connectivity index (χ3n) is 2.78. The van der Waals surface area contributed by atoms with Crippen LogP contribution in [0, 0.1) is 0 Å². The van der Waals surface area contributed by atoms with E-state index in [1.54, 1.807) is 6.33 Å². The fourth-order valence-corrected chi connectivity index (χ4v) is 2.37. The number of anilines is 1. The molecule has 17 heavy (non-hydrogen) atoms. The number of hydrazine groups is 1. The molecule has 0 aliphatic carbocycles. The van der Waals surface area contributed by atoms with Gasteiger partial charge in [-0.2, -0.15) is 0 Å². The lowest BCUT2D eigenvalue weighted by Crippen LogP contribution is -2.33. The molecular formula is C8H12N8S. The summed E-state index contributed by atoms with van der Waals surface area (Å²) in [4.78, 5) is 2.25. The van der Waals surface area contributed by atoms with Crippen LogP contribution in [0.25, 0.3) is 0 Å². The molecule has 8 nitrogen and oxygen atoms in total. The third-order valence-corrected chi connectivity index (χ3v) is 3.48. The predicted molar refractivity (Wildman–Crippen MR) is 61.9 cm³/mol. The summed E-state index contributed by atoms with van der Waals surface area (Å²) in [6.07, 6.45) is 1.77. The van der Waals surface area contributed by atoms with Gasteiger partial charge in [-0.15, -0.1) is 15.3 Å². The van der Waals surface area contributed by atoms with E-state index in [1.165, 1.54) is 11.5 Å². The average molecular weight is 252 g/mol. The summed E-state index contributed by atoms with van der Waals surface area (Å²) in [6.45, 7) is 3.36. The minimum Gasteiger partial charge on any atom is -0.315 e. The van der Waals surface area contributed by atoms with Gasteiger partial charge in [-0.25, -0.2) is 5.84 Å². The van der Waals surface area contributed by atoms with Crippen LogP contribution in [0.4, 0.5) is 5.00 Å². The molecule has 0 unspecified atom stereocenters. The van der Waals surface area contributed by atoms with Crippen LogP contribution in [0.15, 0.2) is 6.33 Å². The smallest absolute Gasteiger partial charge is 0.148 e. The number of hydrogen-bond acceptors (Lipinski definition) is 8. The van der Waals surface area contributed by atoms with Crippen molar-refractivity contribution >= 4 is 16.5 Å². The first-order chi connectivity index (χ1) is 8.36. The maximum atomic E-state index is 5.40. The lowest BCUT2D eigenvalue weighted by atomic mass is 10.3. The van der Waals surface area contributed by atoms with Crippen LogP contribution in [-0.4, -0.2) is 35.8 Å². The largest absolute Gasteiger partial charge is 0.315 e. The van der Waals surface area contributed by atoms with E-state index in [9.17, 15) is 0 Å². The number of nitrogens with one attached hydrogen (secondary N) is 1. The highest BCUT2D eigenvalue weighted by molar-refractivity contribution is 7.10. The van der Waals surface area contributed by atoms with E-state index in [0.717, 1.165) is 42.7 Å². The molecule has 0 amide bonds. The summed E-state index contributed by atoms with van der Waals surface area (Å²) in [7, 11) is 0. The van der Waals surface area contributed by atoms with E-state index in [4.69, 9.17) is 5.84 Å². The molecule has 0 radical (unpaired) electrons. The molecule has 0 bridgehead atoms. The van der Waals surface area contributed by atoms with E-state index < -0.39 is 0 Å². The first-order valence-electron chi connectivity index (χ1n) is 5.23. The van der Waals surface area contributed by atoms with Crippen molar-refractivity contribution in [2.24, 2.45) is 5.84 Å². The summed E-state index contributed by atoms with van der Waals surface area (Å²) >= 11 is 1.27. The molecule has 3 heterocycles. The molecule has 2 aromatic heterocycles. The van der Waals surface area contributed by atoms with E-state index in [0.29, 0.717) is 0 Å². The second-order valence-corrected chi connectivity index (χ2v) is 4.60. The molecule has 3 N–H and O–H groups in total. The van der Waals surface area contributed by atoms with Gasteiger partial charge in [0.25, 0.3) is 0 Å². The Balaban J connectivity index is 1.72. The Bertz CT molecular complexity index is 505. The van der Waals surface area contributed by atoms with E-state index >= 15 is 0 Å². The fraction of sp³-hybridized carbons (Fsp3) is 0.500. The van der Waals surface area contributed by atoms with Crippen LogP contribution in [0.3, 0.4) is 0 Å². The molecule has 0 spiro atoms. The molecule has 0 fully saturated rings. The Labute approximate surface area is 102 Å². The molecule has 3 rings (SSSR count). The number of nitrogens with zero attached hydrogens (tertiary/aromatic N) is 6. The van der Waals surface area contributed by atoms with Gasteiger partial charge < -0.3 is 9.99 Å². The number of rotatable bonds is 3. The van der Waals surface area contributed by atoms with Gasteiger partial charge in [0.15, 0.2) is 0 Å². The van der Waals surface area contributed by atoms with Gasteiger partial charge in [0.05, 0.1) is 6.54 Å². The van der Waals surface area contributed by atoms with Crippen molar-refractivity contribution in [1.82, 2.24) is 29.3 Å². The number of aromatic nitrogens is 5. The maximum absolute atomic E-state index is 5.40. The summed E-state index contributed by atoms with van der Waals surface area (Å²) in [5, 5.41) is 12.9. The van der Waals surface area contributed by atoms with Gasteiger partial charge in [-0.1, -0.05) is 4.49 Å². The minimum atomic E-state index is 0.725. The van der Waals surface area contributed by atoms with Gasteiger partial charge in [0.2, 0.25) is 0 Å². The first-order valence-corrected chi connectivity index (χ1v) is 6.01. The monoisotopic (exact) mass is 252 g/mol. The molecular weight excluding hydrogens is 240 g/mol. The Morgan fingerprint density at radius 3 is 3.24 bits per heavy atom. The standard InChI is InChI=1S/C8H12N8S/c9-11-8-6(12-14-17-8)3-15-1-2-16-5-10-13-7(16)4-15/h5,11H,1-4,9H2. The van der Waals surface area contributed by atoms with E-state index in [-0.39, 0.29) is 0 Å². The zero-order chi connectivity index (χ0) is 11.7. The molecule has 0 saturated carbocycles. The molecule has 1 aliphatic heterocycles. The molecule has 2 aromatic rings. The zero-order valence-corrected chi connectivity index (χ0v) is 9.89. The van der Waals surface area contributed by atoms with Crippen LogP contribution < -0.4 is 11.3 Å². The van der Waals surface area contributed by atoms with Gasteiger partial charge >= 0.3 is 0 Å². The van der Waals surface area contributed by atoms with Crippen molar-refractivity contribution in [1.29, 1.82) is 0 Å². The Hall–Kier alpha value is -1.58. The predicted octanol–water partition coefficient (Wildman–Crippen LogP) is -0.569. The average Bonchev–Trinajstić information content (AvgIpc) is 2.96. The number of nitrogens with two attached hydrogens (primary N) is 1. The van der Waals surface area contributed by atoms with E-state index in [1.807, 2.05) is 0 Å². The Morgan fingerprint density at radius 1 is 1.41 bits per heavy atom. The summed E-state index contributed by atoms with van der Waals surface area (Å²) in [5.74, 6) is 6.38. The highest BCUT2D eigenvalue weighted by atomic mass is 32.1. The van der Waals surface area contributed by atoms with Gasteiger partial charge in [-0.3, -0.25) is 4.90 Å². The lowest BCUT2D eigenvalue weighted by molar-refractivity contribution is 0.207. The fourth-order valence-electron chi connectivity index (χ4n) is 1.88. The second-order valence-electron chi connectivity index (χ2n) is 3.84. The quantitative estimate of drug-likeness (QED) is 0.557. The van der Waals surface area contributed by atoms with Gasteiger partial charge in [0, 0.05) is 31.2 Å². The normalized spacial score (nSPS) is 15.8. The molecule has 1 aliphatic rings. The SMILES string of the molecule is NNc1snnc1CN1CCn2cnnc2C1. The molecule has 0 atom stereocenters. The third kappa shape index (κ3) is 1.99. The van der Waals surface area contributed by atoms with Crippen molar-refractivity contribution < 1.29 is 0 Å². The van der Waals surface area contributed by atoms with Crippen LogP contribution in [0.1, 0.15) is 11.5 Å². The van der Waals surface area contributed by atoms with Crippen LogP contribution in [0.2, 0.25) is 0 Å². The van der Waals surface area contributed by atoms with Crippen molar-refractivity contribution in [3.63, 3.8) is 0 Å². The second kappa shape index (κ2) is 4.35. The van der Waals surface area contributed by atoms with Crippen molar-refractivity contribution in [2.45, 2.75) is 19.6 Å². The van der Waals surface area contributed by atoms with Crippen LogP contribution in [-0.2, 0) is 19.6 Å². The van der Waals surface area contributed by atoms with Crippen molar-refractivity contribution in [2.75, 3.05) is 12.0 Å². The highest BCUT2D eigenvalue weighted by Gasteiger charge is 2.19. The Morgan fingerprint density at radius 2 is 2.35 bits per heavy atom. The van der Waals surface area contributed by atoms with Crippen molar-refractivity contribution in [3.05, 3.63) is 17.8 Å². The number of hydrogen-bond donors (Lipinski definition) is 2. The van der Waals surface area contributed by atoms with Crippen LogP contribution in [0.5, 0.6) is 0 Å². The minimum absolute atomic E-state index is 0.725. The molecule has 0 aromatic carbocycles. The molecule has 9 heteroatoms. The summed E-state index contributed by atoms with van der Waals surface area (Å²) < 4.78 is 5.95. The topological polar surface area (TPSA) is 97.8 Å². The Kier molecular flexibility index (Phi) is 2.71. The number of nitrogen functional groups attached to an aromatic ring is 1. The number of fused-ring (bicyclic) bond motifs is 1. The van der Waals surface area contributed by atoms with Gasteiger partial charge in [-0.05, 0) is 0 Å². The zero-order valence-electron chi connectivity index (χ0n) is 9.07. The summed E-state index contributed by atoms with van der Waals surface area (Å²) in [6, 6.07) is 0. The first kappa shape index (κ1) is 10.6. The highest BCUT2D eigenvalue weighted by Crippen LogP contribution is 2.19. The lowest BCUT2D eigenvalue weighted by Gasteiger charge is -2.26.